The zero-order valence-electron chi connectivity index (χ0n) is 30.7. The highest BCUT2D eigenvalue weighted by molar-refractivity contribution is 5.67. The number of hydrogen-bond donors (Lipinski definition) is 0. The van der Waals surface area contributed by atoms with E-state index < -0.39 is 30.0 Å². The highest BCUT2D eigenvalue weighted by Gasteiger charge is 2.18. The topological polar surface area (TPSA) is 36.9 Å². The van der Waals surface area contributed by atoms with Crippen molar-refractivity contribution in [3.63, 3.8) is 0 Å². The van der Waals surface area contributed by atoms with Gasteiger partial charge in [-0.2, -0.15) is 4.39 Å². The van der Waals surface area contributed by atoms with Crippen LogP contribution in [-0.4, -0.2) is 33.1 Å². The van der Waals surface area contributed by atoms with Gasteiger partial charge in [-0.25, -0.2) is 22.0 Å². The van der Waals surface area contributed by atoms with E-state index in [9.17, 15) is 26.3 Å². The van der Waals surface area contributed by atoms with Gasteiger partial charge in [0.2, 0.25) is 5.82 Å². The van der Waals surface area contributed by atoms with Gasteiger partial charge in [-0.15, -0.1) is 0 Å². The Balaban J connectivity index is 0.000000734. The number of alkyl halides is 1. The Labute approximate surface area is 305 Å². The molecule has 3 aromatic rings. The molecule has 0 saturated carbocycles. The lowest BCUT2D eigenvalue weighted by Crippen LogP contribution is -2.01. The fourth-order valence-electron chi connectivity index (χ4n) is 5.23. The second-order valence-corrected chi connectivity index (χ2v) is 12.0. The molecule has 0 aliphatic heterocycles. The largest absolute Gasteiger partial charge is 0.493 e. The highest BCUT2D eigenvalue weighted by Crippen LogP contribution is 2.33. The van der Waals surface area contributed by atoms with Crippen molar-refractivity contribution in [3.8, 4) is 28.4 Å². The van der Waals surface area contributed by atoms with Gasteiger partial charge in [0.05, 0.1) is 26.4 Å². The van der Waals surface area contributed by atoms with Crippen molar-refractivity contribution in [2.45, 2.75) is 79.1 Å². The molecule has 0 fully saturated rings. The van der Waals surface area contributed by atoms with Gasteiger partial charge in [0, 0.05) is 28.8 Å². The van der Waals surface area contributed by atoms with E-state index in [1.165, 1.54) is 42.5 Å². The maximum atomic E-state index is 14.7. The van der Waals surface area contributed by atoms with Crippen LogP contribution < -0.4 is 14.2 Å². The SMILES string of the molecule is C/C=C\C(OCC)=C(\F)CF.C=Cc1ccc(OCCCCCC(C)CCCCCOc2ccc(-c3ccc(OCC)c(F)c3F)c(F)c2)cc1F. The quantitative estimate of drug-likeness (QED) is 0.0446. The fourth-order valence-corrected chi connectivity index (χ4v) is 5.23. The predicted octanol–water partition coefficient (Wildman–Crippen LogP) is 12.9. The Morgan fingerprint density at radius 3 is 1.85 bits per heavy atom. The summed E-state index contributed by atoms with van der Waals surface area (Å²) in [7, 11) is 0. The molecule has 0 aliphatic rings. The lowest BCUT2D eigenvalue weighted by Gasteiger charge is -2.12. The zero-order chi connectivity index (χ0) is 38.3. The Bertz CT molecular complexity index is 1570. The van der Waals surface area contributed by atoms with Gasteiger partial charge in [-0.05, 0) is 82.0 Å². The van der Waals surface area contributed by atoms with E-state index in [4.69, 9.17) is 18.9 Å². The minimum absolute atomic E-state index is 0.0162. The number of halogens is 6. The minimum Gasteiger partial charge on any atom is -0.493 e. The van der Waals surface area contributed by atoms with E-state index in [0.717, 1.165) is 51.4 Å². The van der Waals surface area contributed by atoms with Gasteiger partial charge in [0.1, 0.15) is 29.8 Å². The van der Waals surface area contributed by atoms with Gasteiger partial charge in [-0.1, -0.05) is 64.2 Å². The van der Waals surface area contributed by atoms with E-state index in [-0.39, 0.29) is 35.1 Å². The third-order valence-corrected chi connectivity index (χ3v) is 7.99. The second kappa shape index (κ2) is 24.8. The summed E-state index contributed by atoms with van der Waals surface area (Å²) in [6, 6.07) is 11.6. The summed E-state index contributed by atoms with van der Waals surface area (Å²) in [5.74, 6) is -2.81. The van der Waals surface area contributed by atoms with Crippen LogP contribution in [0.4, 0.5) is 26.3 Å². The molecule has 0 radical (unpaired) electrons. The van der Waals surface area contributed by atoms with Crippen LogP contribution in [0.1, 0.15) is 84.6 Å². The molecule has 52 heavy (non-hydrogen) atoms. The summed E-state index contributed by atoms with van der Waals surface area (Å²) < 4.78 is 103. The lowest BCUT2D eigenvalue weighted by atomic mass is 9.97. The van der Waals surface area contributed by atoms with Crippen molar-refractivity contribution in [2.75, 3.05) is 33.1 Å². The van der Waals surface area contributed by atoms with Crippen molar-refractivity contribution >= 4 is 6.08 Å². The maximum Gasteiger partial charge on any atom is 0.201 e. The van der Waals surface area contributed by atoms with Crippen LogP contribution in [0.3, 0.4) is 0 Å². The van der Waals surface area contributed by atoms with Crippen molar-refractivity contribution in [1.82, 2.24) is 0 Å². The third kappa shape index (κ3) is 15.1. The van der Waals surface area contributed by atoms with Gasteiger partial charge in [0.25, 0.3) is 0 Å². The number of allylic oxidation sites excluding steroid dienone is 3. The Hall–Kier alpha value is -4.34. The van der Waals surface area contributed by atoms with Crippen LogP contribution >= 0.6 is 0 Å². The molecule has 0 N–H and O–H groups in total. The third-order valence-electron chi connectivity index (χ3n) is 7.99. The summed E-state index contributed by atoms with van der Waals surface area (Å²) in [6.07, 6.45) is 12.9. The molecular formula is C42H52F6O4. The first-order chi connectivity index (χ1) is 25.1. The molecule has 1 atom stereocenters. The first-order valence-electron chi connectivity index (χ1n) is 17.9. The van der Waals surface area contributed by atoms with E-state index in [0.29, 0.717) is 42.8 Å². The Kier molecular flexibility index (Phi) is 20.9. The standard InChI is InChI=1S/C34H40F4O3.C8H12F2O/c1-4-25-14-15-26(22-30(25)35)40-20-10-6-8-12-24(3)13-9-7-11-21-41-27-16-17-28(31(36)23-27)29-18-19-32(39-5-2)34(38)33(29)37;1-3-5-8(11-4-2)7(10)6-9/h4,14-19,22-24H,1,5-13,20-21H2,2-3H3;3,5H,4,6H2,1-2H3/b;5-3-,8-7-. The van der Waals surface area contributed by atoms with E-state index in [1.54, 1.807) is 45.0 Å². The molecule has 10 heteroatoms. The van der Waals surface area contributed by atoms with Gasteiger partial charge in [0.15, 0.2) is 23.2 Å². The van der Waals surface area contributed by atoms with Crippen LogP contribution in [-0.2, 0) is 4.74 Å². The Morgan fingerprint density at radius 1 is 0.731 bits per heavy atom. The molecule has 0 amide bonds. The number of ether oxygens (including phenoxy) is 4. The second-order valence-electron chi connectivity index (χ2n) is 12.0. The van der Waals surface area contributed by atoms with E-state index in [2.05, 4.69) is 13.5 Å². The van der Waals surface area contributed by atoms with Gasteiger partial charge >= 0.3 is 0 Å². The summed E-state index contributed by atoms with van der Waals surface area (Å²) in [5.41, 5.74) is 0.273. The van der Waals surface area contributed by atoms with Crippen LogP contribution in [0.2, 0.25) is 0 Å². The van der Waals surface area contributed by atoms with Crippen LogP contribution in [0.15, 0.2) is 78.8 Å². The number of rotatable bonds is 22. The van der Waals surface area contributed by atoms with Crippen molar-refractivity contribution in [3.05, 3.63) is 108 Å². The molecule has 3 aromatic carbocycles. The molecular weight excluding hydrogens is 682 g/mol. The molecule has 0 spiro atoms. The van der Waals surface area contributed by atoms with Crippen LogP contribution in [0, 0.1) is 29.2 Å². The fraction of sp³-hybridized carbons (Fsp3) is 0.429. The summed E-state index contributed by atoms with van der Waals surface area (Å²) >= 11 is 0. The summed E-state index contributed by atoms with van der Waals surface area (Å²) in [6.45, 7) is 11.4. The average molecular weight is 735 g/mol. The lowest BCUT2D eigenvalue weighted by molar-refractivity contribution is 0.225. The predicted molar refractivity (Wildman–Crippen MR) is 197 cm³/mol. The Morgan fingerprint density at radius 2 is 1.33 bits per heavy atom. The summed E-state index contributed by atoms with van der Waals surface area (Å²) in [5, 5.41) is 0. The molecule has 3 rings (SSSR count). The monoisotopic (exact) mass is 734 g/mol. The first kappa shape index (κ1) is 43.8. The molecule has 0 heterocycles. The molecule has 1 unspecified atom stereocenters. The normalized spacial score (nSPS) is 12.1. The maximum absolute atomic E-state index is 14.7. The average Bonchev–Trinajstić information content (AvgIpc) is 3.13. The van der Waals surface area contributed by atoms with Gasteiger partial charge in [-0.3, -0.25) is 0 Å². The zero-order valence-corrected chi connectivity index (χ0v) is 30.7. The smallest absolute Gasteiger partial charge is 0.201 e. The molecule has 4 nitrogen and oxygen atoms in total. The van der Waals surface area contributed by atoms with Crippen LogP contribution in [0.25, 0.3) is 17.2 Å². The molecule has 0 bridgehead atoms. The number of unbranched alkanes of at least 4 members (excludes halogenated alkanes) is 4. The highest BCUT2D eigenvalue weighted by atomic mass is 19.2. The minimum atomic E-state index is -1.14. The van der Waals surface area contributed by atoms with E-state index >= 15 is 0 Å². The van der Waals surface area contributed by atoms with Crippen molar-refractivity contribution in [1.29, 1.82) is 0 Å². The first-order valence-corrected chi connectivity index (χ1v) is 17.9. The molecule has 286 valence electrons. The van der Waals surface area contributed by atoms with Gasteiger partial charge < -0.3 is 18.9 Å². The molecule has 0 aliphatic carbocycles. The van der Waals surface area contributed by atoms with Crippen LogP contribution in [0.5, 0.6) is 17.2 Å². The number of hydrogen-bond acceptors (Lipinski definition) is 4. The van der Waals surface area contributed by atoms with E-state index in [1.807, 2.05) is 0 Å². The molecule has 0 saturated heterocycles. The van der Waals surface area contributed by atoms with Crippen molar-refractivity contribution in [2.24, 2.45) is 5.92 Å². The van der Waals surface area contributed by atoms with Crippen molar-refractivity contribution < 1.29 is 45.3 Å². The molecule has 0 aromatic heterocycles. The number of benzene rings is 3. The summed E-state index contributed by atoms with van der Waals surface area (Å²) in [4.78, 5) is 0.